The number of hydrogen-bond donors (Lipinski definition) is 2. The van der Waals surface area contributed by atoms with Gasteiger partial charge in [0, 0.05) is 18.0 Å². The first-order valence-electron chi connectivity index (χ1n) is 13.9. The zero-order valence-electron chi connectivity index (χ0n) is 25.2. The standard InChI is InChI=1S/C24H22B4F8N8O4/c1-19(2,24(33,34)35)5-4-11(39-17(45)15-16(20(29,30)31)42-48-41-15)12-8-43-14(38-12)6-10(7-37-43)13(9-47-3)44-18(46)40-23(27)21(32,28(23)36)22(44,25)26/h6-8,11,13H,4-5,9H2,1-3H3,(H,39,45)(H,40,46). The van der Waals surface area contributed by atoms with Crippen LogP contribution < -0.4 is 10.6 Å². The number of aromatic nitrogens is 5. The van der Waals surface area contributed by atoms with Crippen LogP contribution in [0.2, 0.25) is 0 Å². The summed E-state index contributed by atoms with van der Waals surface area (Å²) in [5, 5.41) is 8.77. The molecule has 2 saturated heterocycles. The molecule has 2 aliphatic rings. The minimum atomic E-state index is -5.14. The van der Waals surface area contributed by atoms with E-state index in [1.54, 1.807) is 0 Å². The van der Waals surface area contributed by atoms with E-state index in [0.717, 1.165) is 24.6 Å². The molecule has 2 fully saturated rings. The van der Waals surface area contributed by atoms with Crippen LogP contribution in [0.5, 0.6) is 0 Å². The first-order chi connectivity index (χ1) is 22.0. The van der Waals surface area contributed by atoms with Gasteiger partial charge in [-0.05, 0) is 34.6 Å². The maximum atomic E-state index is 15.7. The van der Waals surface area contributed by atoms with Crippen molar-refractivity contribution in [3.05, 3.63) is 41.1 Å². The molecule has 4 unspecified atom stereocenters. The highest BCUT2D eigenvalue weighted by Gasteiger charge is 2.89. The van der Waals surface area contributed by atoms with Gasteiger partial charge in [0.2, 0.25) is 11.4 Å². The van der Waals surface area contributed by atoms with Crippen LogP contribution in [0, 0.1) is 5.41 Å². The molecule has 4 atom stereocenters. The van der Waals surface area contributed by atoms with Gasteiger partial charge in [0.1, 0.15) is 13.4 Å². The number of amides is 3. The number of urea groups is 1. The summed E-state index contributed by atoms with van der Waals surface area (Å²) in [6.07, 6.45) is -8.58. The summed E-state index contributed by atoms with van der Waals surface area (Å²) in [5.74, 6) is -1.47. The van der Waals surface area contributed by atoms with E-state index in [-0.39, 0.29) is 16.9 Å². The molecule has 3 amide bonds. The molecule has 24 heteroatoms. The Labute approximate surface area is 270 Å². The molecule has 48 heavy (non-hydrogen) atoms. The van der Waals surface area contributed by atoms with E-state index in [0.29, 0.717) is 4.90 Å². The molecule has 3 aromatic heterocycles. The van der Waals surface area contributed by atoms with E-state index in [1.165, 1.54) is 19.4 Å². The molecule has 0 aromatic carbocycles. The van der Waals surface area contributed by atoms with Crippen LogP contribution in [-0.2, 0) is 10.9 Å². The minimum Gasteiger partial charge on any atom is -0.382 e. The van der Waals surface area contributed by atoms with E-state index >= 15 is 4.39 Å². The smallest absolute Gasteiger partial charge is 0.382 e. The third-order valence-corrected chi connectivity index (χ3v) is 8.62. The highest BCUT2D eigenvalue weighted by atomic mass is 19.4. The molecule has 5 rings (SSSR count). The second kappa shape index (κ2) is 11.4. The third kappa shape index (κ3) is 5.48. The number of ether oxygens (including phenoxy) is 1. The molecule has 2 N–H and O–H groups in total. The van der Waals surface area contributed by atoms with Crippen molar-refractivity contribution in [1.82, 2.24) is 40.4 Å². The fourth-order valence-electron chi connectivity index (χ4n) is 5.51. The van der Waals surface area contributed by atoms with Gasteiger partial charge >= 0.3 is 25.4 Å². The van der Waals surface area contributed by atoms with E-state index in [4.69, 9.17) is 28.3 Å². The van der Waals surface area contributed by atoms with Gasteiger partial charge in [-0.3, -0.25) is 4.79 Å². The number of imidazole rings is 1. The number of fused-ring (bicyclic) bond motifs is 2. The Hall–Kier alpha value is -3.84. The van der Waals surface area contributed by atoms with Gasteiger partial charge < -0.3 is 24.6 Å². The second-order valence-corrected chi connectivity index (χ2v) is 12.2. The average Bonchev–Trinajstić information content (AvgIpc) is 3.45. The molecule has 0 spiro atoms. The lowest BCUT2D eigenvalue weighted by Gasteiger charge is -2.51. The lowest BCUT2D eigenvalue weighted by Crippen LogP contribution is -2.72. The van der Waals surface area contributed by atoms with Crippen LogP contribution in [0.4, 0.5) is 39.8 Å². The molecule has 5 heterocycles. The minimum absolute atomic E-state index is 0.0587. The summed E-state index contributed by atoms with van der Waals surface area (Å²) in [6, 6.07) is -2.64. The van der Waals surface area contributed by atoms with Crippen molar-refractivity contribution in [2.45, 2.75) is 67.4 Å². The van der Waals surface area contributed by atoms with Crippen LogP contribution >= 0.6 is 0 Å². The summed E-state index contributed by atoms with van der Waals surface area (Å²) in [7, 11) is 18.9. The lowest BCUT2D eigenvalue weighted by atomic mass is 9.51. The Bertz CT molecular complexity index is 1740. The van der Waals surface area contributed by atoms with Crippen molar-refractivity contribution < 1.29 is 54.0 Å². The Morgan fingerprint density at radius 2 is 1.85 bits per heavy atom. The van der Waals surface area contributed by atoms with Gasteiger partial charge in [-0.1, -0.05) is 13.8 Å². The number of methoxy groups -OCH3 is 1. The third-order valence-electron chi connectivity index (χ3n) is 8.62. The molecule has 0 aliphatic carbocycles. The van der Waals surface area contributed by atoms with E-state index in [1.807, 2.05) is 5.32 Å². The number of rotatable bonds is 10. The fourth-order valence-corrected chi connectivity index (χ4v) is 5.51. The van der Waals surface area contributed by atoms with Gasteiger partial charge in [-0.25, -0.2) is 23.3 Å². The van der Waals surface area contributed by atoms with Crippen LogP contribution in [0.15, 0.2) is 23.1 Å². The molecule has 6 radical (unpaired) electrons. The van der Waals surface area contributed by atoms with Crippen LogP contribution in [0.25, 0.3) is 5.65 Å². The number of hydrogen-bond acceptors (Lipinski definition) is 8. The number of carbonyl (C=O) groups excluding carboxylic acids is 2. The normalized spacial score (nSPS) is 23.9. The fraction of sp³-hybridized carbons (Fsp3) is 0.583. The quantitative estimate of drug-likeness (QED) is 0.246. The number of nitrogens with one attached hydrogen (secondary N) is 2. The van der Waals surface area contributed by atoms with Crippen molar-refractivity contribution in [1.29, 1.82) is 0 Å². The van der Waals surface area contributed by atoms with E-state index < -0.39 is 95.9 Å². The molecule has 12 nitrogen and oxygen atoms in total. The van der Waals surface area contributed by atoms with Crippen molar-refractivity contribution in [2.75, 3.05) is 13.7 Å². The number of nitrogens with zero attached hydrogens (tertiary/aromatic N) is 6. The summed E-state index contributed by atoms with van der Waals surface area (Å²) in [4.78, 5) is 30.8. The van der Waals surface area contributed by atoms with E-state index in [9.17, 15) is 40.2 Å². The lowest BCUT2D eigenvalue weighted by molar-refractivity contribution is -0.214. The number of carbonyl (C=O) groups is 2. The summed E-state index contributed by atoms with van der Waals surface area (Å²) in [6.45, 7) is -1.05. The highest BCUT2D eigenvalue weighted by molar-refractivity contribution is 6.85. The van der Waals surface area contributed by atoms with Crippen molar-refractivity contribution in [2.24, 2.45) is 5.41 Å². The van der Waals surface area contributed by atoms with Gasteiger partial charge in [-0.2, -0.15) is 31.4 Å². The first-order valence-corrected chi connectivity index (χ1v) is 13.9. The maximum Gasteiger partial charge on any atom is 0.439 e. The van der Waals surface area contributed by atoms with Crippen molar-refractivity contribution in [3.8, 4) is 0 Å². The topological polar surface area (TPSA) is 140 Å². The Morgan fingerprint density at radius 3 is 2.46 bits per heavy atom. The summed E-state index contributed by atoms with van der Waals surface area (Å²) >= 11 is 0. The molecule has 250 valence electrons. The van der Waals surface area contributed by atoms with Crippen LogP contribution in [0.1, 0.15) is 66.2 Å². The monoisotopic (exact) mass is 682 g/mol. The van der Waals surface area contributed by atoms with Crippen LogP contribution in [0.3, 0.4) is 0 Å². The molecular formula is C24H22B4F8N8O4. The maximum absolute atomic E-state index is 15.7. The van der Waals surface area contributed by atoms with Gasteiger partial charge in [0.05, 0.1) is 57.9 Å². The Balaban J connectivity index is 1.50. The first kappa shape index (κ1) is 35.5. The van der Waals surface area contributed by atoms with Gasteiger partial charge in [-0.15, -0.1) is 0 Å². The molecular weight excluding hydrogens is 660 g/mol. The second-order valence-electron chi connectivity index (χ2n) is 12.2. The van der Waals surface area contributed by atoms with Crippen LogP contribution in [-0.4, -0.2) is 108 Å². The predicted octanol–water partition coefficient (Wildman–Crippen LogP) is 2.30. The zero-order valence-corrected chi connectivity index (χ0v) is 25.2. The predicted molar refractivity (Wildman–Crippen MR) is 150 cm³/mol. The largest absolute Gasteiger partial charge is 0.439 e. The highest BCUT2D eigenvalue weighted by Crippen LogP contribution is 2.58. The SMILES string of the molecule is [B]C12NC(=O)N(C(COC)c3cnn4cc(C(CCC(C)(C)C(F)(F)F)NC(=O)c5nonc5C(F)(F)F)nc4c3)C([B])([B])C1(F)B2F. The molecule has 0 saturated carbocycles. The van der Waals surface area contributed by atoms with E-state index in [2.05, 4.69) is 30.3 Å². The molecule has 3 aromatic rings. The Kier molecular flexibility index (Phi) is 8.40. The van der Waals surface area contributed by atoms with Gasteiger partial charge in [0.25, 0.3) is 5.91 Å². The zero-order chi connectivity index (χ0) is 35.8. The number of halogens is 8. The van der Waals surface area contributed by atoms with Crippen molar-refractivity contribution in [3.63, 3.8) is 0 Å². The summed E-state index contributed by atoms with van der Waals surface area (Å²) < 4.78 is 122. The van der Waals surface area contributed by atoms with Gasteiger partial charge in [0.15, 0.2) is 5.65 Å². The number of alkyl halides is 7. The average molecular weight is 682 g/mol. The molecule has 2 aliphatic heterocycles. The summed E-state index contributed by atoms with van der Waals surface area (Å²) in [5.41, 5.74) is -8.57. The Morgan fingerprint density at radius 1 is 1.19 bits per heavy atom. The molecule has 0 bridgehead atoms. The van der Waals surface area contributed by atoms with Crippen molar-refractivity contribution >= 4 is 48.1 Å².